The topological polar surface area (TPSA) is 32.3 Å². The van der Waals surface area contributed by atoms with Gasteiger partial charge in [-0.15, -0.1) is 0 Å². The Morgan fingerprint density at radius 1 is 1.67 bits per heavy atom. The van der Waals surface area contributed by atoms with Gasteiger partial charge in [-0.3, -0.25) is 0 Å². The van der Waals surface area contributed by atoms with Gasteiger partial charge in [0.2, 0.25) is 0 Å². The van der Waals surface area contributed by atoms with Crippen molar-refractivity contribution in [1.29, 1.82) is 0 Å². The Morgan fingerprint density at radius 2 is 2.33 bits per heavy atom. The maximum atomic E-state index is 12.6. The van der Waals surface area contributed by atoms with E-state index in [1.54, 1.807) is 0 Å². The third-order valence-corrected chi connectivity index (χ3v) is 1.83. The van der Waals surface area contributed by atoms with Crippen LogP contribution in [0, 0.1) is 0 Å². The standard InChI is InChI=1S/C8H15FN2O/c1-6(2)10-8(12)11-4-3-7(9)5-11/h6-7H,3-5H2,1-2H3,(H,10,12)/t7-/m0/s1. The zero-order valence-electron chi connectivity index (χ0n) is 7.51. The lowest BCUT2D eigenvalue weighted by atomic mass is 10.3. The number of nitrogens with one attached hydrogen (secondary N) is 1. The van der Waals surface area contributed by atoms with Crippen LogP contribution in [0.4, 0.5) is 9.18 Å². The zero-order chi connectivity index (χ0) is 9.14. The highest BCUT2D eigenvalue weighted by molar-refractivity contribution is 5.74. The largest absolute Gasteiger partial charge is 0.336 e. The number of likely N-dealkylation sites (tertiary alicyclic amines) is 1. The van der Waals surface area contributed by atoms with E-state index in [4.69, 9.17) is 0 Å². The summed E-state index contributed by atoms with van der Waals surface area (Å²) in [6.07, 6.45) is -0.353. The van der Waals surface area contributed by atoms with Crippen LogP contribution in [-0.4, -0.2) is 36.2 Å². The molecule has 1 heterocycles. The van der Waals surface area contributed by atoms with Gasteiger partial charge in [-0.2, -0.15) is 0 Å². The molecule has 4 heteroatoms. The number of amides is 2. The van der Waals surface area contributed by atoms with Gasteiger partial charge >= 0.3 is 6.03 Å². The molecule has 0 radical (unpaired) electrons. The molecule has 1 aliphatic rings. The maximum Gasteiger partial charge on any atom is 0.317 e. The Balaban J connectivity index is 2.33. The Hall–Kier alpha value is -0.800. The number of hydrogen-bond donors (Lipinski definition) is 1. The number of alkyl halides is 1. The fraction of sp³-hybridized carbons (Fsp3) is 0.875. The van der Waals surface area contributed by atoms with Gasteiger partial charge in [0.25, 0.3) is 0 Å². The predicted molar refractivity (Wildman–Crippen MR) is 44.8 cm³/mol. The molecular weight excluding hydrogens is 159 g/mol. The smallest absolute Gasteiger partial charge is 0.317 e. The number of nitrogens with zero attached hydrogens (tertiary/aromatic N) is 1. The average Bonchev–Trinajstić information content (AvgIpc) is 2.34. The lowest BCUT2D eigenvalue weighted by Crippen LogP contribution is -2.41. The van der Waals surface area contributed by atoms with Gasteiger partial charge in [0, 0.05) is 12.6 Å². The minimum atomic E-state index is -0.831. The predicted octanol–water partition coefficient (Wildman–Crippen LogP) is 1.15. The van der Waals surface area contributed by atoms with Crippen molar-refractivity contribution in [2.75, 3.05) is 13.1 Å². The van der Waals surface area contributed by atoms with Crippen molar-refractivity contribution >= 4 is 6.03 Å². The quantitative estimate of drug-likeness (QED) is 0.635. The summed E-state index contributed by atoms with van der Waals surface area (Å²) in [5.41, 5.74) is 0. The summed E-state index contributed by atoms with van der Waals surface area (Å²) in [5, 5.41) is 2.73. The highest BCUT2D eigenvalue weighted by Crippen LogP contribution is 2.11. The SMILES string of the molecule is CC(C)NC(=O)N1CC[C@H](F)C1. The summed E-state index contributed by atoms with van der Waals surface area (Å²) in [4.78, 5) is 12.8. The van der Waals surface area contributed by atoms with Crippen molar-refractivity contribution in [1.82, 2.24) is 10.2 Å². The second kappa shape index (κ2) is 3.74. The van der Waals surface area contributed by atoms with Crippen LogP contribution in [0.25, 0.3) is 0 Å². The number of carbonyl (C=O) groups is 1. The third-order valence-electron chi connectivity index (χ3n) is 1.83. The molecule has 1 atom stereocenters. The maximum absolute atomic E-state index is 12.6. The van der Waals surface area contributed by atoms with E-state index >= 15 is 0 Å². The molecule has 3 nitrogen and oxygen atoms in total. The molecule has 2 amide bonds. The number of hydrogen-bond acceptors (Lipinski definition) is 1. The second-order valence-electron chi connectivity index (χ2n) is 3.44. The van der Waals surface area contributed by atoms with Crippen molar-refractivity contribution in [3.63, 3.8) is 0 Å². The van der Waals surface area contributed by atoms with E-state index < -0.39 is 6.17 Å². The molecule has 0 unspecified atom stereocenters. The van der Waals surface area contributed by atoms with Crippen LogP contribution in [0.1, 0.15) is 20.3 Å². The van der Waals surface area contributed by atoms with Crippen molar-refractivity contribution in [2.45, 2.75) is 32.5 Å². The van der Waals surface area contributed by atoms with E-state index in [0.29, 0.717) is 13.0 Å². The molecular formula is C8H15FN2O. The molecule has 1 saturated heterocycles. The first kappa shape index (κ1) is 9.29. The van der Waals surface area contributed by atoms with Crippen LogP contribution in [0.3, 0.4) is 0 Å². The first-order chi connectivity index (χ1) is 5.59. The fourth-order valence-electron chi connectivity index (χ4n) is 1.24. The van der Waals surface area contributed by atoms with Gasteiger partial charge in [-0.05, 0) is 20.3 Å². The minimum Gasteiger partial charge on any atom is -0.336 e. The summed E-state index contributed by atoms with van der Waals surface area (Å²) in [6, 6.07) is -0.0266. The molecule has 0 spiro atoms. The Bertz CT molecular complexity index is 172. The minimum absolute atomic E-state index is 0.121. The van der Waals surface area contributed by atoms with E-state index in [1.165, 1.54) is 4.90 Å². The third kappa shape index (κ3) is 2.36. The Morgan fingerprint density at radius 3 is 2.75 bits per heavy atom. The van der Waals surface area contributed by atoms with Crippen LogP contribution in [0.15, 0.2) is 0 Å². The van der Waals surface area contributed by atoms with Gasteiger partial charge in [-0.1, -0.05) is 0 Å². The molecule has 0 saturated carbocycles. The summed E-state index contributed by atoms with van der Waals surface area (Å²) in [7, 11) is 0. The molecule has 1 aliphatic heterocycles. The monoisotopic (exact) mass is 174 g/mol. The molecule has 0 aromatic carbocycles. The van der Waals surface area contributed by atoms with Crippen molar-refractivity contribution in [3.8, 4) is 0 Å². The average molecular weight is 174 g/mol. The summed E-state index contributed by atoms with van der Waals surface area (Å²) >= 11 is 0. The molecule has 1 N–H and O–H groups in total. The van der Waals surface area contributed by atoms with E-state index in [0.717, 1.165) is 0 Å². The summed E-state index contributed by atoms with van der Waals surface area (Å²) in [6.45, 7) is 4.57. The molecule has 1 rings (SSSR count). The molecule has 12 heavy (non-hydrogen) atoms. The second-order valence-corrected chi connectivity index (χ2v) is 3.44. The lowest BCUT2D eigenvalue weighted by molar-refractivity contribution is 0.202. The van der Waals surface area contributed by atoms with E-state index in [1.807, 2.05) is 13.8 Å². The van der Waals surface area contributed by atoms with Gasteiger partial charge < -0.3 is 10.2 Å². The molecule has 1 fully saturated rings. The van der Waals surface area contributed by atoms with Crippen LogP contribution in [0.5, 0.6) is 0 Å². The zero-order valence-corrected chi connectivity index (χ0v) is 7.51. The number of urea groups is 1. The first-order valence-electron chi connectivity index (χ1n) is 4.29. The fourth-order valence-corrected chi connectivity index (χ4v) is 1.24. The number of rotatable bonds is 1. The van der Waals surface area contributed by atoms with Gasteiger partial charge in [0.15, 0.2) is 0 Å². The van der Waals surface area contributed by atoms with E-state index in [2.05, 4.69) is 5.32 Å². The molecule has 70 valence electrons. The first-order valence-corrected chi connectivity index (χ1v) is 4.29. The molecule has 0 bridgehead atoms. The summed E-state index contributed by atoms with van der Waals surface area (Å²) < 4.78 is 12.6. The Labute approximate surface area is 71.9 Å². The van der Waals surface area contributed by atoms with Crippen LogP contribution < -0.4 is 5.32 Å². The van der Waals surface area contributed by atoms with Gasteiger partial charge in [0.05, 0.1) is 6.54 Å². The van der Waals surface area contributed by atoms with Crippen LogP contribution in [0.2, 0.25) is 0 Å². The summed E-state index contributed by atoms with van der Waals surface area (Å²) in [5.74, 6) is 0. The highest BCUT2D eigenvalue weighted by atomic mass is 19.1. The van der Waals surface area contributed by atoms with Crippen LogP contribution in [-0.2, 0) is 0 Å². The number of carbonyl (C=O) groups excluding carboxylic acids is 1. The van der Waals surface area contributed by atoms with Gasteiger partial charge in [0.1, 0.15) is 6.17 Å². The van der Waals surface area contributed by atoms with E-state index in [-0.39, 0.29) is 18.6 Å². The lowest BCUT2D eigenvalue weighted by Gasteiger charge is -2.17. The highest BCUT2D eigenvalue weighted by Gasteiger charge is 2.25. The van der Waals surface area contributed by atoms with Gasteiger partial charge in [-0.25, -0.2) is 9.18 Å². The normalized spacial score (nSPS) is 23.3. The Kier molecular flexibility index (Phi) is 2.89. The van der Waals surface area contributed by atoms with Crippen LogP contribution >= 0.6 is 0 Å². The van der Waals surface area contributed by atoms with Crippen molar-refractivity contribution in [3.05, 3.63) is 0 Å². The van der Waals surface area contributed by atoms with Crippen molar-refractivity contribution in [2.24, 2.45) is 0 Å². The number of halogens is 1. The molecule has 0 aliphatic carbocycles. The van der Waals surface area contributed by atoms with Crippen molar-refractivity contribution < 1.29 is 9.18 Å². The molecule has 0 aromatic rings. The molecule has 0 aromatic heterocycles. The van der Waals surface area contributed by atoms with E-state index in [9.17, 15) is 9.18 Å².